The number of benzene rings is 2. The zero-order valence-electron chi connectivity index (χ0n) is 18.4. The first-order chi connectivity index (χ1) is 15.4. The molecule has 0 aliphatic carbocycles. The summed E-state index contributed by atoms with van der Waals surface area (Å²) in [6, 6.07) is 12.8. The molecule has 0 aliphatic rings. The van der Waals surface area contributed by atoms with E-state index in [9.17, 15) is 14.7 Å². The molecule has 6 heteroatoms. The van der Waals surface area contributed by atoms with E-state index >= 15 is 0 Å². The van der Waals surface area contributed by atoms with Crippen LogP contribution in [0.4, 0.5) is 0 Å². The Morgan fingerprint density at radius 3 is 2.47 bits per heavy atom. The number of aromatic hydroxyl groups is 1. The van der Waals surface area contributed by atoms with Gasteiger partial charge < -0.3 is 19.0 Å². The molecule has 0 spiro atoms. The van der Waals surface area contributed by atoms with Crippen LogP contribution in [-0.4, -0.2) is 17.7 Å². The summed E-state index contributed by atoms with van der Waals surface area (Å²) in [5, 5.41) is 10.5. The van der Waals surface area contributed by atoms with Crippen molar-refractivity contribution in [1.29, 1.82) is 0 Å². The first kappa shape index (κ1) is 22.9. The molecule has 1 heterocycles. The third-order valence-electron chi connectivity index (χ3n) is 4.78. The first-order valence-corrected chi connectivity index (χ1v) is 10.3. The van der Waals surface area contributed by atoms with Crippen LogP contribution in [0.3, 0.4) is 0 Å². The molecule has 0 aliphatic heterocycles. The Balaban J connectivity index is 1.93. The lowest BCUT2D eigenvalue weighted by Gasteiger charge is -2.13. The highest BCUT2D eigenvalue weighted by Gasteiger charge is 2.23. The van der Waals surface area contributed by atoms with Gasteiger partial charge in [-0.25, -0.2) is 9.59 Å². The van der Waals surface area contributed by atoms with Crippen LogP contribution < -0.4 is 15.1 Å². The molecule has 2 aromatic carbocycles. The molecule has 1 N–H and O–H groups in total. The second-order valence-corrected chi connectivity index (χ2v) is 7.64. The predicted octanol–water partition coefficient (Wildman–Crippen LogP) is 5.79. The highest BCUT2D eigenvalue weighted by Crippen LogP contribution is 2.38. The van der Waals surface area contributed by atoms with Gasteiger partial charge in [-0.3, -0.25) is 0 Å². The number of phenolic OH excluding ortho intramolecular Hbond substituents is 1. The van der Waals surface area contributed by atoms with Crippen molar-refractivity contribution in [1.82, 2.24) is 0 Å². The van der Waals surface area contributed by atoms with Crippen molar-refractivity contribution in [3.8, 4) is 17.2 Å². The lowest BCUT2D eigenvalue weighted by molar-refractivity contribution is 0.0730. The number of ether oxygens (including phenoxy) is 2. The van der Waals surface area contributed by atoms with E-state index < -0.39 is 11.6 Å². The number of carbonyl (C=O) groups is 1. The minimum atomic E-state index is -0.797. The van der Waals surface area contributed by atoms with E-state index in [1.54, 1.807) is 30.3 Å². The van der Waals surface area contributed by atoms with Gasteiger partial charge in [0.05, 0.1) is 5.56 Å². The van der Waals surface area contributed by atoms with Gasteiger partial charge in [0.15, 0.2) is 5.75 Å². The van der Waals surface area contributed by atoms with E-state index in [4.69, 9.17) is 13.9 Å². The van der Waals surface area contributed by atoms with Crippen molar-refractivity contribution in [3.05, 3.63) is 87.8 Å². The van der Waals surface area contributed by atoms with E-state index in [1.807, 2.05) is 13.0 Å². The van der Waals surface area contributed by atoms with Crippen molar-refractivity contribution < 1.29 is 23.8 Å². The number of esters is 1. The maximum atomic E-state index is 12.7. The van der Waals surface area contributed by atoms with Gasteiger partial charge in [0.2, 0.25) is 5.75 Å². The normalized spacial score (nSPS) is 11.3. The second kappa shape index (κ2) is 10.5. The van der Waals surface area contributed by atoms with Crippen molar-refractivity contribution in [2.24, 2.45) is 0 Å². The van der Waals surface area contributed by atoms with Crippen molar-refractivity contribution in [2.75, 3.05) is 6.61 Å². The van der Waals surface area contributed by atoms with Gasteiger partial charge in [-0.1, -0.05) is 41.5 Å². The van der Waals surface area contributed by atoms with Gasteiger partial charge in [0.1, 0.15) is 23.3 Å². The Morgan fingerprint density at radius 2 is 1.75 bits per heavy atom. The first-order valence-electron chi connectivity index (χ1n) is 10.3. The zero-order valence-corrected chi connectivity index (χ0v) is 18.4. The van der Waals surface area contributed by atoms with E-state index in [2.05, 4.69) is 19.9 Å². The minimum absolute atomic E-state index is 0.0837. The molecule has 166 valence electrons. The summed E-state index contributed by atoms with van der Waals surface area (Å²) in [7, 11) is 0. The molecule has 0 radical (unpaired) electrons. The Labute approximate surface area is 186 Å². The smallest absolute Gasteiger partial charge is 0.383 e. The van der Waals surface area contributed by atoms with Crippen LogP contribution in [0.2, 0.25) is 0 Å². The van der Waals surface area contributed by atoms with Crippen LogP contribution in [0.5, 0.6) is 17.2 Å². The monoisotopic (exact) mass is 434 g/mol. The molecule has 0 saturated carbocycles. The number of hydrogen-bond acceptors (Lipinski definition) is 6. The largest absolute Gasteiger partial charge is 0.507 e. The predicted molar refractivity (Wildman–Crippen MR) is 123 cm³/mol. The standard InChI is InChI=1S/C26H26O6/c1-17(2)9-7-10-18(3)15-16-30-24-23(32-25(28)19-11-5-4-6-12-19)22-20(27)13-8-14-21(22)31-26(24)29/h4-6,8-9,11-15,27H,7,10,16H2,1-3H3. The number of phenols is 1. The quantitative estimate of drug-likeness (QED) is 0.274. The van der Waals surface area contributed by atoms with Gasteiger partial charge in [-0.15, -0.1) is 0 Å². The third kappa shape index (κ3) is 5.66. The van der Waals surface area contributed by atoms with Crippen molar-refractivity contribution in [3.63, 3.8) is 0 Å². The Bertz CT molecular complexity index is 1210. The Hall–Kier alpha value is -3.80. The maximum absolute atomic E-state index is 12.7. The molecular formula is C26H26O6. The number of carbonyl (C=O) groups excluding carboxylic acids is 1. The van der Waals surface area contributed by atoms with Crippen LogP contribution in [0.15, 0.2) is 81.0 Å². The number of rotatable bonds is 8. The molecule has 6 nitrogen and oxygen atoms in total. The van der Waals surface area contributed by atoms with Gasteiger partial charge in [0, 0.05) is 0 Å². The molecule has 0 atom stereocenters. The molecule has 3 rings (SSSR count). The average Bonchev–Trinajstić information content (AvgIpc) is 2.75. The summed E-state index contributed by atoms with van der Waals surface area (Å²) in [6.07, 6.45) is 5.78. The molecule has 32 heavy (non-hydrogen) atoms. The summed E-state index contributed by atoms with van der Waals surface area (Å²) in [5.74, 6) is -1.31. The van der Waals surface area contributed by atoms with E-state index in [0.29, 0.717) is 5.56 Å². The van der Waals surface area contributed by atoms with Crippen LogP contribution in [-0.2, 0) is 0 Å². The highest BCUT2D eigenvalue weighted by molar-refractivity contribution is 5.97. The van der Waals surface area contributed by atoms with E-state index in [0.717, 1.165) is 18.4 Å². The second-order valence-electron chi connectivity index (χ2n) is 7.64. The summed E-state index contributed by atoms with van der Waals surface area (Å²) in [4.78, 5) is 25.3. The maximum Gasteiger partial charge on any atom is 0.383 e. The molecule has 3 aromatic rings. The molecule has 1 aromatic heterocycles. The molecule has 0 unspecified atom stereocenters. The Morgan fingerprint density at radius 1 is 1.00 bits per heavy atom. The summed E-state index contributed by atoms with van der Waals surface area (Å²) < 4.78 is 16.5. The number of allylic oxidation sites excluding steroid dienone is 3. The summed E-state index contributed by atoms with van der Waals surface area (Å²) >= 11 is 0. The summed E-state index contributed by atoms with van der Waals surface area (Å²) in [5.41, 5.74) is 1.94. The fourth-order valence-electron chi connectivity index (χ4n) is 3.09. The van der Waals surface area contributed by atoms with Gasteiger partial charge >= 0.3 is 11.6 Å². The summed E-state index contributed by atoms with van der Waals surface area (Å²) in [6.45, 7) is 6.16. The highest BCUT2D eigenvalue weighted by atomic mass is 16.6. The number of fused-ring (bicyclic) bond motifs is 1. The lowest BCUT2D eigenvalue weighted by atomic mass is 10.1. The molecule has 0 fully saturated rings. The molecule has 0 amide bonds. The van der Waals surface area contributed by atoms with Crippen LogP contribution >= 0.6 is 0 Å². The van der Waals surface area contributed by atoms with Crippen molar-refractivity contribution in [2.45, 2.75) is 33.6 Å². The minimum Gasteiger partial charge on any atom is -0.507 e. The fourth-order valence-corrected chi connectivity index (χ4v) is 3.09. The topological polar surface area (TPSA) is 86.0 Å². The zero-order chi connectivity index (χ0) is 23.1. The SMILES string of the molecule is CC(C)=CCCC(C)=CCOc1c(OC(=O)c2ccccc2)c2c(O)cccc2oc1=O. The van der Waals surface area contributed by atoms with Gasteiger partial charge in [-0.05, 0) is 64.0 Å². The van der Waals surface area contributed by atoms with Crippen LogP contribution in [0, 0.1) is 0 Å². The van der Waals surface area contributed by atoms with Crippen LogP contribution in [0.1, 0.15) is 44.0 Å². The third-order valence-corrected chi connectivity index (χ3v) is 4.78. The average molecular weight is 434 g/mol. The van der Waals surface area contributed by atoms with Crippen molar-refractivity contribution >= 4 is 16.9 Å². The van der Waals surface area contributed by atoms with Gasteiger partial charge in [-0.2, -0.15) is 0 Å². The fraction of sp³-hybridized carbons (Fsp3) is 0.231. The number of hydrogen-bond donors (Lipinski definition) is 1. The van der Waals surface area contributed by atoms with E-state index in [-0.39, 0.29) is 34.8 Å². The van der Waals surface area contributed by atoms with Gasteiger partial charge in [0.25, 0.3) is 0 Å². The lowest BCUT2D eigenvalue weighted by Crippen LogP contribution is -2.14. The molecule has 0 saturated heterocycles. The molecular weight excluding hydrogens is 408 g/mol. The Kier molecular flexibility index (Phi) is 7.49. The van der Waals surface area contributed by atoms with Crippen LogP contribution in [0.25, 0.3) is 11.0 Å². The molecule has 0 bridgehead atoms. The van der Waals surface area contributed by atoms with E-state index in [1.165, 1.54) is 23.8 Å².